The summed E-state index contributed by atoms with van der Waals surface area (Å²) in [4.78, 5) is 0. The first-order valence-electron chi connectivity index (χ1n) is 5.04. The molecule has 0 aliphatic carbocycles. The summed E-state index contributed by atoms with van der Waals surface area (Å²) >= 11 is 3.28. The van der Waals surface area contributed by atoms with E-state index in [1.54, 1.807) is 6.07 Å². The maximum absolute atomic E-state index is 12.8. The van der Waals surface area contributed by atoms with Crippen LogP contribution in [0.15, 0.2) is 22.7 Å². The summed E-state index contributed by atoms with van der Waals surface area (Å²) in [6.45, 7) is 2.77. The van der Waals surface area contributed by atoms with Crippen molar-refractivity contribution in [2.45, 2.75) is 6.42 Å². The summed E-state index contributed by atoms with van der Waals surface area (Å²) in [7, 11) is 0. The Bertz CT molecular complexity index is 339. The Morgan fingerprint density at radius 2 is 2.40 bits per heavy atom. The molecule has 2 rings (SSSR count). The van der Waals surface area contributed by atoms with E-state index in [1.807, 2.05) is 0 Å². The molecular formula is C11H13BrFNO. The third kappa shape index (κ3) is 2.92. The van der Waals surface area contributed by atoms with Crippen molar-refractivity contribution in [2.75, 3.05) is 19.7 Å². The molecule has 1 aromatic rings. The molecule has 1 aromatic carbocycles. The van der Waals surface area contributed by atoms with Crippen molar-refractivity contribution in [3.05, 3.63) is 28.5 Å². The second-order valence-electron chi connectivity index (χ2n) is 3.74. The molecule has 0 bridgehead atoms. The molecule has 1 N–H and O–H groups in total. The van der Waals surface area contributed by atoms with E-state index in [0.717, 1.165) is 19.5 Å². The lowest BCUT2D eigenvalue weighted by Crippen LogP contribution is -2.15. The molecule has 15 heavy (non-hydrogen) atoms. The number of halogens is 2. The zero-order chi connectivity index (χ0) is 10.7. The second-order valence-corrected chi connectivity index (χ2v) is 4.60. The number of nitrogens with one attached hydrogen (secondary N) is 1. The monoisotopic (exact) mass is 273 g/mol. The fraction of sp³-hybridized carbons (Fsp3) is 0.455. The van der Waals surface area contributed by atoms with Gasteiger partial charge in [0.25, 0.3) is 0 Å². The third-order valence-electron chi connectivity index (χ3n) is 2.53. The van der Waals surface area contributed by atoms with Gasteiger partial charge in [0, 0.05) is 12.5 Å². The Morgan fingerprint density at radius 1 is 1.53 bits per heavy atom. The molecule has 1 aliphatic rings. The van der Waals surface area contributed by atoms with E-state index in [-0.39, 0.29) is 5.82 Å². The van der Waals surface area contributed by atoms with Crippen molar-refractivity contribution in [3.63, 3.8) is 0 Å². The zero-order valence-electron chi connectivity index (χ0n) is 8.30. The van der Waals surface area contributed by atoms with Gasteiger partial charge in [-0.1, -0.05) is 0 Å². The Balaban J connectivity index is 1.92. The summed E-state index contributed by atoms with van der Waals surface area (Å²) in [6, 6.07) is 4.48. The van der Waals surface area contributed by atoms with Gasteiger partial charge in [0.2, 0.25) is 0 Å². The molecule has 0 amide bonds. The van der Waals surface area contributed by atoms with Crippen LogP contribution in [0.1, 0.15) is 6.42 Å². The van der Waals surface area contributed by atoms with Crippen molar-refractivity contribution < 1.29 is 9.13 Å². The molecule has 1 fully saturated rings. The molecule has 1 heterocycles. The van der Waals surface area contributed by atoms with Crippen molar-refractivity contribution in [2.24, 2.45) is 5.92 Å². The molecule has 2 nitrogen and oxygen atoms in total. The topological polar surface area (TPSA) is 21.3 Å². The fourth-order valence-corrected chi connectivity index (χ4v) is 2.12. The van der Waals surface area contributed by atoms with Crippen LogP contribution in [0, 0.1) is 11.7 Å². The van der Waals surface area contributed by atoms with Crippen molar-refractivity contribution in [3.8, 4) is 5.75 Å². The molecule has 0 aromatic heterocycles. The van der Waals surface area contributed by atoms with Gasteiger partial charge in [0.15, 0.2) is 0 Å². The molecular weight excluding hydrogens is 261 g/mol. The van der Waals surface area contributed by atoms with E-state index in [9.17, 15) is 4.39 Å². The van der Waals surface area contributed by atoms with Crippen LogP contribution in [0.3, 0.4) is 0 Å². The van der Waals surface area contributed by atoms with Gasteiger partial charge in [0.05, 0.1) is 11.1 Å². The van der Waals surface area contributed by atoms with Crippen molar-refractivity contribution in [1.82, 2.24) is 5.32 Å². The predicted molar refractivity (Wildman–Crippen MR) is 60.6 cm³/mol. The molecule has 1 saturated heterocycles. The summed E-state index contributed by atoms with van der Waals surface area (Å²) in [5.74, 6) is 1.03. The average molecular weight is 274 g/mol. The van der Waals surface area contributed by atoms with Crippen LogP contribution in [0.5, 0.6) is 5.75 Å². The number of ether oxygens (including phenoxy) is 1. The summed E-state index contributed by atoms with van der Waals surface area (Å²) in [5, 5.41) is 3.28. The quantitative estimate of drug-likeness (QED) is 0.914. The smallest absolute Gasteiger partial charge is 0.133 e. The van der Waals surface area contributed by atoms with Gasteiger partial charge < -0.3 is 10.1 Å². The van der Waals surface area contributed by atoms with Crippen molar-refractivity contribution in [1.29, 1.82) is 0 Å². The Hall–Kier alpha value is -0.610. The highest BCUT2D eigenvalue weighted by molar-refractivity contribution is 9.10. The van der Waals surface area contributed by atoms with E-state index < -0.39 is 0 Å². The maximum atomic E-state index is 12.8. The highest BCUT2D eigenvalue weighted by Gasteiger charge is 2.15. The third-order valence-corrected chi connectivity index (χ3v) is 3.15. The maximum Gasteiger partial charge on any atom is 0.133 e. The van der Waals surface area contributed by atoms with Crippen LogP contribution in [0.2, 0.25) is 0 Å². The molecule has 0 saturated carbocycles. The largest absolute Gasteiger partial charge is 0.492 e. The van der Waals surface area contributed by atoms with E-state index >= 15 is 0 Å². The minimum atomic E-state index is -0.253. The minimum Gasteiger partial charge on any atom is -0.492 e. The highest BCUT2D eigenvalue weighted by Crippen LogP contribution is 2.26. The SMILES string of the molecule is Fc1ccc(OC[C@@H]2CCNC2)c(Br)c1. The van der Waals surface area contributed by atoms with Gasteiger partial charge in [-0.25, -0.2) is 4.39 Å². The predicted octanol–water partition coefficient (Wildman–Crippen LogP) is 2.58. The van der Waals surface area contributed by atoms with E-state index in [1.165, 1.54) is 12.1 Å². The normalized spacial score (nSPS) is 20.5. The summed E-state index contributed by atoms with van der Waals surface area (Å²) in [5.41, 5.74) is 0. The molecule has 82 valence electrons. The Morgan fingerprint density at radius 3 is 3.07 bits per heavy atom. The number of hydrogen-bond donors (Lipinski definition) is 1. The minimum absolute atomic E-state index is 0.253. The molecule has 0 radical (unpaired) electrons. The van der Waals surface area contributed by atoms with Gasteiger partial charge in [-0.05, 0) is 47.1 Å². The highest BCUT2D eigenvalue weighted by atomic mass is 79.9. The first-order valence-corrected chi connectivity index (χ1v) is 5.83. The van der Waals surface area contributed by atoms with Crippen LogP contribution in [-0.4, -0.2) is 19.7 Å². The lowest BCUT2D eigenvalue weighted by Gasteiger charge is -2.11. The van der Waals surface area contributed by atoms with Crippen LogP contribution in [0.25, 0.3) is 0 Å². The first kappa shape index (κ1) is 10.9. The molecule has 1 aliphatic heterocycles. The van der Waals surface area contributed by atoms with Crippen LogP contribution >= 0.6 is 15.9 Å². The summed E-state index contributed by atoms with van der Waals surface area (Å²) < 4.78 is 19.1. The fourth-order valence-electron chi connectivity index (χ4n) is 1.66. The lowest BCUT2D eigenvalue weighted by molar-refractivity contribution is 0.258. The first-order chi connectivity index (χ1) is 7.25. The molecule has 4 heteroatoms. The van der Waals surface area contributed by atoms with Gasteiger partial charge in [0.1, 0.15) is 11.6 Å². The number of hydrogen-bond acceptors (Lipinski definition) is 2. The van der Waals surface area contributed by atoms with E-state index in [4.69, 9.17) is 4.74 Å². The van der Waals surface area contributed by atoms with Gasteiger partial charge >= 0.3 is 0 Å². The average Bonchev–Trinajstić information content (AvgIpc) is 2.69. The standard InChI is InChI=1S/C11H13BrFNO/c12-10-5-9(13)1-2-11(10)15-7-8-3-4-14-6-8/h1-2,5,8,14H,3-4,6-7H2/t8-/m1/s1. The van der Waals surface area contributed by atoms with Gasteiger partial charge in [-0.3, -0.25) is 0 Å². The number of rotatable bonds is 3. The number of benzene rings is 1. The van der Waals surface area contributed by atoms with E-state index in [2.05, 4.69) is 21.2 Å². The van der Waals surface area contributed by atoms with Crippen molar-refractivity contribution >= 4 is 15.9 Å². The van der Waals surface area contributed by atoms with Crippen LogP contribution in [-0.2, 0) is 0 Å². The Kier molecular flexibility index (Phi) is 3.59. The summed E-state index contributed by atoms with van der Waals surface area (Å²) in [6.07, 6.45) is 1.15. The second kappa shape index (κ2) is 4.94. The molecule has 0 unspecified atom stereocenters. The zero-order valence-corrected chi connectivity index (χ0v) is 9.89. The van der Waals surface area contributed by atoms with Gasteiger partial charge in [-0.15, -0.1) is 0 Å². The van der Waals surface area contributed by atoms with Gasteiger partial charge in [-0.2, -0.15) is 0 Å². The van der Waals surface area contributed by atoms with E-state index in [0.29, 0.717) is 22.7 Å². The molecule has 0 spiro atoms. The van der Waals surface area contributed by atoms with Crippen LogP contribution < -0.4 is 10.1 Å². The Labute approximate surface area is 96.9 Å². The molecule has 1 atom stereocenters. The van der Waals surface area contributed by atoms with Crippen LogP contribution in [0.4, 0.5) is 4.39 Å². The lowest BCUT2D eigenvalue weighted by atomic mass is 10.1.